The number of allylic oxidation sites excluding steroid dienone is 1. The van der Waals surface area contributed by atoms with Crippen molar-refractivity contribution in [3.8, 4) is 0 Å². The number of rotatable bonds is 3. The van der Waals surface area contributed by atoms with Gasteiger partial charge in [-0.05, 0) is 12.1 Å². The van der Waals surface area contributed by atoms with Crippen LogP contribution < -0.4 is 0 Å². The molecule has 2 aromatic heterocycles. The average Bonchev–Trinajstić information content (AvgIpc) is 2.56. The number of halogens is 1. The first-order valence-corrected chi connectivity index (χ1v) is 5.24. The Bertz CT molecular complexity index is 530. The Morgan fingerprint density at radius 3 is 3.13 bits per heavy atom. The number of fused-ring (bicyclic) bond motifs is 1. The van der Waals surface area contributed by atoms with Gasteiger partial charge in [-0.2, -0.15) is 0 Å². The number of hydrogen-bond donors (Lipinski definition) is 0. The van der Waals surface area contributed by atoms with Crippen molar-refractivity contribution in [1.29, 1.82) is 0 Å². The number of aldehydes is 1. The largest absolute Gasteiger partial charge is 0.327 e. The van der Waals surface area contributed by atoms with Crippen molar-refractivity contribution in [1.82, 2.24) is 9.55 Å². The van der Waals surface area contributed by atoms with Crippen LogP contribution in [0, 0.1) is 0 Å². The Kier molecular flexibility index (Phi) is 2.68. The van der Waals surface area contributed by atoms with E-state index >= 15 is 0 Å². The van der Waals surface area contributed by atoms with E-state index in [9.17, 15) is 4.79 Å². The second-order valence-electron chi connectivity index (χ2n) is 3.22. The van der Waals surface area contributed by atoms with Gasteiger partial charge in [-0.1, -0.05) is 22.5 Å². The van der Waals surface area contributed by atoms with Gasteiger partial charge in [-0.3, -0.25) is 4.79 Å². The predicted molar refractivity (Wildman–Crippen MR) is 63.2 cm³/mol. The Balaban J connectivity index is 2.64. The Labute approximate surface area is 95.6 Å². The quantitative estimate of drug-likeness (QED) is 0.800. The highest BCUT2D eigenvalue weighted by molar-refractivity contribution is 9.11. The molecule has 0 spiro atoms. The van der Waals surface area contributed by atoms with Gasteiger partial charge in [0, 0.05) is 27.8 Å². The summed E-state index contributed by atoms with van der Waals surface area (Å²) in [5.74, 6) is 0. The molecule has 4 heteroatoms. The molecule has 0 unspecified atom stereocenters. The van der Waals surface area contributed by atoms with E-state index in [1.54, 1.807) is 12.4 Å². The first-order chi connectivity index (χ1) is 7.22. The molecule has 0 bridgehead atoms. The summed E-state index contributed by atoms with van der Waals surface area (Å²) in [4.78, 5) is 15.1. The molecule has 0 aliphatic heterocycles. The molecule has 0 radical (unpaired) electrons. The zero-order chi connectivity index (χ0) is 10.8. The molecule has 0 fully saturated rings. The van der Waals surface area contributed by atoms with Crippen LogP contribution >= 0.6 is 15.9 Å². The lowest BCUT2D eigenvalue weighted by molar-refractivity contribution is 0.112. The Morgan fingerprint density at radius 2 is 2.47 bits per heavy atom. The van der Waals surface area contributed by atoms with Crippen LogP contribution in [0.5, 0.6) is 0 Å². The van der Waals surface area contributed by atoms with Crippen LogP contribution in [0.2, 0.25) is 0 Å². The van der Waals surface area contributed by atoms with Crippen LogP contribution in [0.3, 0.4) is 0 Å². The lowest BCUT2D eigenvalue weighted by Gasteiger charge is -2.01. The summed E-state index contributed by atoms with van der Waals surface area (Å²) in [6, 6.07) is 3.71. The van der Waals surface area contributed by atoms with Crippen LogP contribution in [0.1, 0.15) is 10.4 Å². The smallest absolute Gasteiger partial charge is 0.152 e. The van der Waals surface area contributed by atoms with Crippen molar-refractivity contribution in [2.24, 2.45) is 0 Å². The van der Waals surface area contributed by atoms with Gasteiger partial charge in [-0.15, -0.1) is 0 Å². The number of carbonyl (C=O) groups is 1. The minimum absolute atomic E-state index is 0.612. The van der Waals surface area contributed by atoms with Crippen LogP contribution in [0.4, 0.5) is 0 Å². The molecule has 3 nitrogen and oxygen atoms in total. The third-order valence-electron chi connectivity index (χ3n) is 2.13. The third kappa shape index (κ3) is 1.85. The summed E-state index contributed by atoms with van der Waals surface area (Å²) >= 11 is 3.30. The van der Waals surface area contributed by atoms with Crippen LogP contribution in [-0.2, 0) is 6.54 Å². The lowest BCUT2D eigenvalue weighted by Crippen LogP contribution is -1.96. The second kappa shape index (κ2) is 3.98. The standard InChI is InChI=1S/C11H9BrN2O/c1-8(12)5-14-6-9(7-15)10-3-2-4-13-11(10)14/h2-4,6-7H,1,5H2. The zero-order valence-corrected chi connectivity index (χ0v) is 9.57. The molecule has 2 heterocycles. The molecule has 15 heavy (non-hydrogen) atoms. The maximum Gasteiger partial charge on any atom is 0.152 e. The van der Waals surface area contributed by atoms with Gasteiger partial charge in [0.1, 0.15) is 5.65 Å². The first-order valence-electron chi connectivity index (χ1n) is 4.44. The summed E-state index contributed by atoms with van der Waals surface area (Å²) in [6.45, 7) is 4.38. The number of carbonyl (C=O) groups excluding carboxylic acids is 1. The molecule has 0 aliphatic rings. The Morgan fingerprint density at radius 1 is 1.67 bits per heavy atom. The molecule has 0 saturated carbocycles. The van der Waals surface area contributed by atoms with E-state index in [1.165, 1.54) is 0 Å². The summed E-state index contributed by atoms with van der Waals surface area (Å²) in [7, 11) is 0. The molecule has 0 aromatic carbocycles. The minimum atomic E-state index is 0.612. The van der Waals surface area contributed by atoms with Crippen molar-refractivity contribution in [2.45, 2.75) is 6.54 Å². The maximum absolute atomic E-state index is 10.8. The van der Waals surface area contributed by atoms with Gasteiger partial charge < -0.3 is 4.57 Å². The van der Waals surface area contributed by atoms with Crippen LogP contribution in [0.25, 0.3) is 11.0 Å². The van der Waals surface area contributed by atoms with Gasteiger partial charge >= 0.3 is 0 Å². The SMILES string of the molecule is C=C(Br)Cn1cc(C=O)c2cccnc21. The van der Waals surface area contributed by atoms with Gasteiger partial charge in [0.2, 0.25) is 0 Å². The van der Waals surface area contributed by atoms with Crippen LogP contribution in [0.15, 0.2) is 35.6 Å². The number of aromatic nitrogens is 2. The Hall–Kier alpha value is -1.42. The van der Waals surface area contributed by atoms with Gasteiger partial charge in [-0.25, -0.2) is 4.98 Å². The van der Waals surface area contributed by atoms with Crippen molar-refractivity contribution >= 4 is 33.2 Å². The van der Waals surface area contributed by atoms with E-state index in [0.29, 0.717) is 12.1 Å². The molecular weight excluding hydrogens is 256 g/mol. The predicted octanol–water partition coefficient (Wildman–Crippen LogP) is 2.76. The summed E-state index contributed by atoms with van der Waals surface area (Å²) in [5.41, 5.74) is 1.46. The average molecular weight is 265 g/mol. The maximum atomic E-state index is 10.8. The number of nitrogens with zero attached hydrogens (tertiary/aromatic N) is 2. The molecule has 2 aromatic rings. The zero-order valence-electron chi connectivity index (χ0n) is 7.98. The fourth-order valence-electron chi connectivity index (χ4n) is 1.55. The fraction of sp³-hybridized carbons (Fsp3) is 0.0909. The topological polar surface area (TPSA) is 34.9 Å². The lowest BCUT2D eigenvalue weighted by atomic mass is 10.2. The molecule has 0 atom stereocenters. The van der Waals surface area contributed by atoms with Crippen LogP contribution in [-0.4, -0.2) is 15.8 Å². The van der Waals surface area contributed by atoms with E-state index in [2.05, 4.69) is 27.5 Å². The fourth-order valence-corrected chi connectivity index (χ4v) is 1.82. The number of pyridine rings is 1. The monoisotopic (exact) mass is 264 g/mol. The second-order valence-corrected chi connectivity index (χ2v) is 4.34. The highest BCUT2D eigenvalue weighted by Crippen LogP contribution is 2.19. The summed E-state index contributed by atoms with van der Waals surface area (Å²) < 4.78 is 2.75. The normalized spacial score (nSPS) is 10.5. The summed E-state index contributed by atoms with van der Waals surface area (Å²) in [5, 5.41) is 0.876. The number of hydrogen-bond acceptors (Lipinski definition) is 2. The summed E-state index contributed by atoms with van der Waals surface area (Å²) in [6.07, 6.45) is 4.35. The van der Waals surface area contributed by atoms with Crippen molar-refractivity contribution in [3.63, 3.8) is 0 Å². The molecule has 0 amide bonds. The van der Waals surface area contributed by atoms with Gasteiger partial charge in [0.25, 0.3) is 0 Å². The van der Waals surface area contributed by atoms with E-state index in [-0.39, 0.29) is 0 Å². The van der Waals surface area contributed by atoms with Gasteiger partial charge in [0.15, 0.2) is 6.29 Å². The molecule has 0 saturated heterocycles. The molecule has 76 valence electrons. The van der Waals surface area contributed by atoms with E-state index < -0.39 is 0 Å². The van der Waals surface area contributed by atoms with E-state index in [1.807, 2.05) is 16.7 Å². The van der Waals surface area contributed by atoms with E-state index in [0.717, 1.165) is 21.8 Å². The molecule has 0 N–H and O–H groups in total. The van der Waals surface area contributed by atoms with Crippen molar-refractivity contribution in [2.75, 3.05) is 0 Å². The molecule has 0 aliphatic carbocycles. The first kappa shape index (κ1) is 10.1. The minimum Gasteiger partial charge on any atom is -0.327 e. The van der Waals surface area contributed by atoms with E-state index in [4.69, 9.17) is 0 Å². The highest BCUT2D eigenvalue weighted by Gasteiger charge is 2.08. The highest BCUT2D eigenvalue weighted by atomic mass is 79.9. The van der Waals surface area contributed by atoms with Crippen molar-refractivity contribution < 1.29 is 4.79 Å². The third-order valence-corrected chi connectivity index (χ3v) is 2.38. The van der Waals surface area contributed by atoms with Crippen molar-refractivity contribution in [3.05, 3.63) is 41.2 Å². The van der Waals surface area contributed by atoms with Gasteiger partial charge in [0.05, 0.1) is 6.54 Å². The molecule has 2 rings (SSSR count). The molecular formula is C11H9BrN2O.